The van der Waals surface area contributed by atoms with Crippen molar-refractivity contribution in [3.05, 3.63) is 52.9 Å². The number of hydrogen-bond acceptors (Lipinski definition) is 5. The van der Waals surface area contributed by atoms with Gasteiger partial charge in [-0.15, -0.1) is 0 Å². The number of benzene rings is 1. The molecule has 1 unspecified atom stereocenters. The third-order valence-electron chi connectivity index (χ3n) is 3.42. The van der Waals surface area contributed by atoms with Gasteiger partial charge in [0.1, 0.15) is 11.6 Å². The van der Waals surface area contributed by atoms with Crippen LogP contribution < -0.4 is 10.0 Å². The summed E-state index contributed by atoms with van der Waals surface area (Å²) in [4.78, 5) is 16.5. The van der Waals surface area contributed by atoms with Crippen molar-refractivity contribution >= 4 is 41.0 Å². The number of ether oxygens (including phenoxy) is 1. The van der Waals surface area contributed by atoms with E-state index in [4.69, 9.17) is 16.3 Å². The quantitative estimate of drug-likeness (QED) is 0.783. The molecule has 5 nitrogen and oxygen atoms in total. The molecular weight excluding hydrogens is 353 g/mol. The van der Waals surface area contributed by atoms with Crippen LogP contribution >= 0.6 is 23.5 Å². The summed E-state index contributed by atoms with van der Waals surface area (Å²) in [6, 6.07) is 7.29. The Hall–Kier alpha value is -1.83. The van der Waals surface area contributed by atoms with Gasteiger partial charge in [0.25, 0.3) is 5.91 Å². The van der Waals surface area contributed by atoms with Crippen LogP contribution in [0.15, 0.2) is 36.5 Å². The number of aromatic nitrogens is 1. The number of anilines is 2. The van der Waals surface area contributed by atoms with Gasteiger partial charge < -0.3 is 14.8 Å². The van der Waals surface area contributed by atoms with E-state index < -0.39 is 5.82 Å². The summed E-state index contributed by atoms with van der Waals surface area (Å²) in [6.07, 6.45) is 2.55. The monoisotopic (exact) mass is 367 g/mol. The van der Waals surface area contributed by atoms with Gasteiger partial charge in [-0.1, -0.05) is 11.6 Å². The highest BCUT2D eigenvalue weighted by molar-refractivity contribution is 8.01. The number of amides is 1. The van der Waals surface area contributed by atoms with Crippen molar-refractivity contribution in [2.24, 2.45) is 0 Å². The van der Waals surface area contributed by atoms with Crippen LogP contribution in [0.4, 0.5) is 15.9 Å². The molecule has 0 saturated carbocycles. The van der Waals surface area contributed by atoms with Crippen molar-refractivity contribution in [2.75, 3.05) is 23.3 Å². The predicted octanol–water partition coefficient (Wildman–Crippen LogP) is 3.98. The number of nitrogens with one attached hydrogen (secondary N) is 2. The van der Waals surface area contributed by atoms with Crippen molar-refractivity contribution in [2.45, 2.75) is 11.7 Å². The molecule has 1 aliphatic rings. The minimum atomic E-state index is -0.530. The van der Waals surface area contributed by atoms with Gasteiger partial charge in [-0.05, 0) is 48.7 Å². The maximum Gasteiger partial charge on any atom is 0.255 e. The molecule has 1 aromatic heterocycles. The summed E-state index contributed by atoms with van der Waals surface area (Å²) in [6.45, 7) is 1.48. The lowest BCUT2D eigenvalue weighted by Crippen LogP contribution is -2.12. The third-order valence-corrected chi connectivity index (χ3v) is 4.74. The zero-order valence-electron chi connectivity index (χ0n) is 12.6. The molecule has 2 aromatic rings. The SMILES string of the molecule is O=C(Nc1ccc(F)c(Cl)c1)c1ccnc(NSC2CCOC2)c1. The number of hydrogen-bond donors (Lipinski definition) is 2. The average molecular weight is 368 g/mol. The Labute approximate surface area is 148 Å². The normalized spacial score (nSPS) is 16.8. The van der Waals surface area contributed by atoms with Crippen molar-refractivity contribution < 1.29 is 13.9 Å². The van der Waals surface area contributed by atoms with Crippen molar-refractivity contribution in [1.29, 1.82) is 0 Å². The summed E-state index contributed by atoms with van der Waals surface area (Å²) in [5.74, 6) is -0.257. The van der Waals surface area contributed by atoms with Gasteiger partial charge >= 0.3 is 0 Å². The fraction of sp³-hybridized carbons (Fsp3) is 0.250. The molecule has 1 saturated heterocycles. The van der Waals surface area contributed by atoms with Crippen LogP contribution in [-0.4, -0.2) is 29.4 Å². The number of pyridine rings is 1. The van der Waals surface area contributed by atoms with Crippen molar-refractivity contribution in [3.8, 4) is 0 Å². The number of rotatable bonds is 5. The van der Waals surface area contributed by atoms with E-state index in [-0.39, 0.29) is 10.9 Å². The van der Waals surface area contributed by atoms with Crippen LogP contribution in [-0.2, 0) is 4.74 Å². The first-order chi connectivity index (χ1) is 11.6. The lowest BCUT2D eigenvalue weighted by molar-refractivity contribution is 0.102. The fourth-order valence-corrected chi connectivity index (χ4v) is 3.11. The van der Waals surface area contributed by atoms with E-state index in [1.807, 2.05) is 0 Å². The molecule has 1 aliphatic heterocycles. The van der Waals surface area contributed by atoms with E-state index in [1.54, 1.807) is 18.3 Å². The molecule has 8 heteroatoms. The van der Waals surface area contributed by atoms with Crippen LogP contribution in [0.5, 0.6) is 0 Å². The molecule has 0 aliphatic carbocycles. The molecule has 1 fully saturated rings. The number of nitrogens with zero attached hydrogens (tertiary/aromatic N) is 1. The topological polar surface area (TPSA) is 63.2 Å². The van der Waals surface area contributed by atoms with Crippen LogP contribution in [0.1, 0.15) is 16.8 Å². The minimum absolute atomic E-state index is 0.0416. The predicted molar refractivity (Wildman–Crippen MR) is 94.0 cm³/mol. The Morgan fingerprint density at radius 3 is 3.00 bits per heavy atom. The van der Waals surface area contributed by atoms with Gasteiger partial charge in [0.05, 0.1) is 16.9 Å². The highest BCUT2D eigenvalue weighted by Gasteiger charge is 2.16. The highest BCUT2D eigenvalue weighted by atomic mass is 35.5. The smallest absolute Gasteiger partial charge is 0.255 e. The highest BCUT2D eigenvalue weighted by Crippen LogP contribution is 2.23. The first kappa shape index (κ1) is 17.0. The molecule has 0 spiro atoms. The second-order valence-corrected chi connectivity index (χ2v) is 6.73. The first-order valence-electron chi connectivity index (χ1n) is 7.33. The van der Waals surface area contributed by atoms with Gasteiger partial charge in [-0.3, -0.25) is 4.79 Å². The molecule has 1 atom stereocenters. The van der Waals surface area contributed by atoms with E-state index in [0.717, 1.165) is 13.0 Å². The van der Waals surface area contributed by atoms with Crippen molar-refractivity contribution in [1.82, 2.24) is 4.98 Å². The number of carbonyl (C=O) groups is 1. The Bertz CT molecular complexity index is 741. The van der Waals surface area contributed by atoms with Gasteiger partial charge in [-0.25, -0.2) is 9.37 Å². The number of halogens is 2. The standard InChI is InChI=1S/C16H15ClFN3O2S/c17-13-8-11(1-2-14(13)18)20-16(22)10-3-5-19-15(7-10)21-24-12-4-6-23-9-12/h1-3,5,7-8,12H,4,6,9H2,(H,19,21)(H,20,22). The van der Waals surface area contributed by atoms with E-state index in [0.29, 0.717) is 28.9 Å². The van der Waals surface area contributed by atoms with Crippen LogP contribution in [0.3, 0.4) is 0 Å². The molecular formula is C16H15ClFN3O2S. The lowest BCUT2D eigenvalue weighted by Gasteiger charge is -2.10. The molecule has 126 valence electrons. The maximum absolute atomic E-state index is 13.2. The van der Waals surface area contributed by atoms with E-state index in [2.05, 4.69) is 15.0 Å². The molecule has 1 aromatic carbocycles. The fourth-order valence-electron chi connectivity index (χ4n) is 2.15. The van der Waals surface area contributed by atoms with Gasteiger partial charge in [-0.2, -0.15) is 0 Å². The van der Waals surface area contributed by atoms with Crippen molar-refractivity contribution in [3.63, 3.8) is 0 Å². The second kappa shape index (κ2) is 7.83. The molecule has 3 rings (SSSR count). The van der Waals surface area contributed by atoms with Gasteiger partial charge in [0.2, 0.25) is 0 Å². The third kappa shape index (κ3) is 4.37. The molecule has 2 N–H and O–H groups in total. The summed E-state index contributed by atoms with van der Waals surface area (Å²) in [5.41, 5.74) is 0.867. The van der Waals surface area contributed by atoms with E-state index >= 15 is 0 Å². The molecule has 2 heterocycles. The van der Waals surface area contributed by atoms with E-state index in [9.17, 15) is 9.18 Å². The summed E-state index contributed by atoms with van der Waals surface area (Å²) in [7, 11) is 0. The maximum atomic E-state index is 13.2. The zero-order chi connectivity index (χ0) is 16.9. The second-order valence-electron chi connectivity index (χ2n) is 5.22. The summed E-state index contributed by atoms with van der Waals surface area (Å²) in [5, 5.41) is 3.02. The number of carbonyl (C=O) groups excluding carboxylic acids is 1. The van der Waals surface area contributed by atoms with Gasteiger partial charge in [0, 0.05) is 24.1 Å². The van der Waals surface area contributed by atoms with Crippen LogP contribution in [0.25, 0.3) is 0 Å². The Morgan fingerprint density at radius 2 is 2.25 bits per heavy atom. The zero-order valence-corrected chi connectivity index (χ0v) is 14.2. The van der Waals surface area contributed by atoms with Gasteiger partial charge in [0.15, 0.2) is 0 Å². The molecule has 0 radical (unpaired) electrons. The summed E-state index contributed by atoms with van der Waals surface area (Å²) < 4.78 is 21.6. The van der Waals surface area contributed by atoms with Crippen LogP contribution in [0.2, 0.25) is 5.02 Å². The van der Waals surface area contributed by atoms with E-state index in [1.165, 1.54) is 30.1 Å². The molecule has 0 bridgehead atoms. The lowest BCUT2D eigenvalue weighted by atomic mass is 10.2. The Balaban J connectivity index is 1.63. The Kier molecular flexibility index (Phi) is 5.55. The van der Waals surface area contributed by atoms with Crippen LogP contribution in [0, 0.1) is 5.82 Å². The first-order valence-corrected chi connectivity index (χ1v) is 8.59. The molecule has 24 heavy (non-hydrogen) atoms. The molecule has 1 amide bonds. The summed E-state index contributed by atoms with van der Waals surface area (Å²) >= 11 is 7.25. The largest absolute Gasteiger partial charge is 0.380 e. The Morgan fingerprint density at radius 1 is 1.38 bits per heavy atom. The average Bonchev–Trinajstić information content (AvgIpc) is 3.10. The minimum Gasteiger partial charge on any atom is -0.380 e.